The second-order valence-electron chi connectivity index (χ2n) is 9.29. The van der Waals surface area contributed by atoms with E-state index in [1.165, 1.54) is 6.08 Å². The van der Waals surface area contributed by atoms with E-state index in [2.05, 4.69) is 31.5 Å². The van der Waals surface area contributed by atoms with Crippen molar-refractivity contribution in [2.24, 2.45) is 11.3 Å². The first-order valence-electron chi connectivity index (χ1n) is 8.78. The van der Waals surface area contributed by atoms with Crippen molar-refractivity contribution in [2.75, 3.05) is 0 Å². The van der Waals surface area contributed by atoms with Crippen molar-refractivity contribution >= 4 is 18.4 Å². The molecule has 2 atom stereocenters. The van der Waals surface area contributed by atoms with Gasteiger partial charge in [-0.2, -0.15) is 21.6 Å². The van der Waals surface area contributed by atoms with Gasteiger partial charge in [-0.25, -0.2) is 0 Å². The molecule has 0 spiro atoms. The highest BCUT2D eigenvalue weighted by atomic mass is 32.2. The second-order valence-corrected chi connectivity index (χ2v) is 15.6. The standard InChI is InChI=1S/C18H31F3O4SSi/c1-12(2)13-10-14(24-26(22,23)18(19,20)21)17(6,7)15(11-13)25-27(8,9)16(3,4)5/h10,13,15H,1,11H2,2-9H3/t13-,15+/m0/s1. The third-order valence-corrected chi connectivity index (χ3v) is 11.1. The summed E-state index contributed by atoms with van der Waals surface area (Å²) in [6.45, 7) is 19.2. The van der Waals surface area contributed by atoms with Gasteiger partial charge in [0.2, 0.25) is 0 Å². The van der Waals surface area contributed by atoms with Crippen LogP contribution >= 0.6 is 0 Å². The molecule has 158 valence electrons. The normalized spacial score (nSPS) is 24.3. The van der Waals surface area contributed by atoms with Crippen LogP contribution in [0.5, 0.6) is 0 Å². The topological polar surface area (TPSA) is 52.6 Å². The van der Waals surface area contributed by atoms with Crippen LogP contribution in [0, 0.1) is 11.3 Å². The van der Waals surface area contributed by atoms with Crippen LogP contribution < -0.4 is 0 Å². The molecule has 4 nitrogen and oxygen atoms in total. The van der Waals surface area contributed by atoms with Gasteiger partial charge in [0.25, 0.3) is 0 Å². The molecule has 0 aromatic heterocycles. The van der Waals surface area contributed by atoms with Crippen molar-refractivity contribution in [3.05, 3.63) is 24.0 Å². The van der Waals surface area contributed by atoms with Crippen LogP contribution in [0.2, 0.25) is 18.1 Å². The number of hydrogen-bond donors (Lipinski definition) is 0. The lowest BCUT2D eigenvalue weighted by Gasteiger charge is -2.47. The van der Waals surface area contributed by atoms with Crippen LogP contribution in [-0.4, -0.2) is 28.3 Å². The minimum absolute atomic E-state index is 0.109. The van der Waals surface area contributed by atoms with Crippen molar-refractivity contribution in [2.45, 2.75) is 77.7 Å². The van der Waals surface area contributed by atoms with Gasteiger partial charge in [0.05, 0.1) is 6.10 Å². The molecule has 1 aliphatic rings. The Morgan fingerprint density at radius 3 is 2.11 bits per heavy atom. The number of halogens is 3. The fraction of sp³-hybridized carbons (Fsp3) is 0.778. The Bertz CT molecular complexity index is 716. The SMILES string of the molecule is C=C(C)[C@H]1C=C(OS(=O)(=O)C(F)(F)F)C(C)(C)[C@H](O[Si](C)(C)C(C)(C)C)C1. The molecule has 1 aliphatic carbocycles. The van der Waals surface area contributed by atoms with E-state index in [0.717, 1.165) is 0 Å². The average molecular weight is 429 g/mol. The third-order valence-electron chi connectivity index (χ3n) is 5.62. The molecule has 0 unspecified atom stereocenters. The monoisotopic (exact) mass is 428 g/mol. The maximum Gasteiger partial charge on any atom is 0.534 e. The van der Waals surface area contributed by atoms with E-state index in [4.69, 9.17) is 4.43 Å². The molecule has 0 aliphatic heterocycles. The molecule has 0 aromatic rings. The minimum Gasteiger partial charge on any atom is -0.413 e. The first kappa shape index (κ1) is 24.2. The van der Waals surface area contributed by atoms with Crippen molar-refractivity contribution in [1.29, 1.82) is 0 Å². The molecule has 0 saturated heterocycles. The Morgan fingerprint density at radius 2 is 1.74 bits per heavy atom. The van der Waals surface area contributed by atoms with Crippen LogP contribution in [-0.2, 0) is 18.7 Å². The fourth-order valence-electron chi connectivity index (χ4n) is 2.52. The van der Waals surface area contributed by atoms with E-state index in [9.17, 15) is 21.6 Å². The lowest BCUT2D eigenvalue weighted by atomic mass is 9.73. The van der Waals surface area contributed by atoms with Gasteiger partial charge in [0.15, 0.2) is 8.32 Å². The van der Waals surface area contributed by atoms with E-state index in [0.29, 0.717) is 12.0 Å². The molecule has 9 heteroatoms. The zero-order chi connectivity index (χ0) is 21.6. The van der Waals surface area contributed by atoms with Crippen LogP contribution in [0.3, 0.4) is 0 Å². The molecule has 0 heterocycles. The summed E-state index contributed by atoms with van der Waals surface area (Å²) in [5, 5.41) is -0.109. The molecule has 1 rings (SSSR count). The molecular formula is C18H31F3O4SSi. The lowest BCUT2D eigenvalue weighted by molar-refractivity contribution is -0.0552. The smallest absolute Gasteiger partial charge is 0.413 e. The Labute approximate surface area is 162 Å². The zero-order valence-corrected chi connectivity index (χ0v) is 19.1. The maximum absolute atomic E-state index is 12.8. The predicted octanol–water partition coefficient (Wildman–Crippen LogP) is 5.75. The van der Waals surface area contributed by atoms with E-state index < -0.39 is 35.5 Å². The maximum atomic E-state index is 12.8. The van der Waals surface area contributed by atoms with Gasteiger partial charge in [-0.3, -0.25) is 0 Å². The third kappa shape index (κ3) is 5.17. The first-order chi connectivity index (χ1) is 11.7. The zero-order valence-electron chi connectivity index (χ0n) is 17.3. The summed E-state index contributed by atoms with van der Waals surface area (Å²) in [6.07, 6.45) is 1.44. The first-order valence-corrected chi connectivity index (χ1v) is 13.1. The summed E-state index contributed by atoms with van der Waals surface area (Å²) in [6, 6.07) is 0. The largest absolute Gasteiger partial charge is 0.534 e. The van der Waals surface area contributed by atoms with Gasteiger partial charge in [-0.15, -0.1) is 0 Å². The molecule has 0 fully saturated rings. The molecule has 0 saturated carbocycles. The van der Waals surface area contributed by atoms with Gasteiger partial charge in [-0.1, -0.05) is 46.8 Å². The van der Waals surface area contributed by atoms with Gasteiger partial charge in [0.1, 0.15) is 5.76 Å². The number of allylic oxidation sites excluding steroid dienone is 2. The number of hydrogen-bond acceptors (Lipinski definition) is 4. The molecular weight excluding hydrogens is 397 g/mol. The Balaban J connectivity index is 3.37. The molecule has 0 amide bonds. The Kier molecular flexibility index (Phi) is 6.48. The van der Waals surface area contributed by atoms with Crippen molar-refractivity contribution < 1.29 is 30.2 Å². The Morgan fingerprint density at radius 1 is 1.26 bits per heavy atom. The van der Waals surface area contributed by atoms with Crippen LogP contribution in [0.4, 0.5) is 13.2 Å². The predicted molar refractivity (Wildman–Crippen MR) is 103 cm³/mol. The molecule has 0 N–H and O–H groups in total. The summed E-state index contributed by atoms with van der Waals surface area (Å²) in [5.74, 6) is -0.575. The van der Waals surface area contributed by atoms with Crippen molar-refractivity contribution in [3.63, 3.8) is 0 Å². The molecule has 27 heavy (non-hydrogen) atoms. The molecule has 0 aromatic carbocycles. The van der Waals surface area contributed by atoms with E-state index in [1.54, 1.807) is 20.8 Å². The average Bonchev–Trinajstić information content (AvgIpc) is 2.40. The van der Waals surface area contributed by atoms with Gasteiger partial charge in [-0.05, 0) is 37.6 Å². The second kappa shape index (κ2) is 7.22. The highest BCUT2D eigenvalue weighted by molar-refractivity contribution is 7.87. The van der Waals surface area contributed by atoms with E-state index >= 15 is 0 Å². The van der Waals surface area contributed by atoms with Gasteiger partial charge >= 0.3 is 15.6 Å². The van der Waals surface area contributed by atoms with Crippen LogP contribution in [0.1, 0.15) is 48.0 Å². The number of alkyl halides is 3. The molecule has 0 radical (unpaired) electrons. The van der Waals surface area contributed by atoms with Crippen molar-refractivity contribution in [1.82, 2.24) is 0 Å². The van der Waals surface area contributed by atoms with E-state index in [1.807, 2.05) is 13.1 Å². The summed E-state index contributed by atoms with van der Waals surface area (Å²) in [5.41, 5.74) is -5.82. The summed E-state index contributed by atoms with van der Waals surface area (Å²) < 4.78 is 72.7. The molecule has 0 bridgehead atoms. The van der Waals surface area contributed by atoms with Crippen LogP contribution in [0.15, 0.2) is 24.0 Å². The quantitative estimate of drug-likeness (QED) is 0.242. The van der Waals surface area contributed by atoms with Crippen LogP contribution in [0.25, 0.3) is 0 Å². The van der Waals surface area contributed by atoms with Crippen molar-refractivity contribution in [3.8, 4) is 0 Å². The van der Waals surface area contributed by atoms with Gasteiger partial charge < -0.3 is 8.61 Å². The summed E-state index contributed by atoms with van der Waals surface area (Å²) in [7, 11) is -8.01. The van der Waals surface area contributed by atoms with E-state index in [-0.39, 0.29) is 16.7 Å². The highest BCUT2D eigenvalue weighted by Crippen LogP contribution is 2.48. The minimum atomic E-state index is -5.76. The summed E-state index contributed by atoms with van der Waals surface area (Å²) >= 11 is 0. The highest BCUT2D eigenvalue weighted by Gasteiger charge is 2.53. The Hall–Kier alpha value is -0.803. The fourth-order valence-corrected chi connectivity index (χ4v) is 4.58. The number of rotatable bonds is 5. The summed E-state index contributed by atoms with van der Waals surface area (Å²) in [4.78, 5) is 0. The van der Waals surface area contributed by atoms with Gasteiger partial charge in [0, 0.05) is 11.3 Å². The lowest BCUT2D eigenvalue weighted by Crippen LogP contribution is -2.50.